The molecule has 2 N–H and O–H groups in total. The van der Waals surface area contributed by atoms with E-state index in [0.29, 0.717) is 17.4 Å². The van der Waals surface area contributed by atoms with Crippen molar-refractivity contribution < 1.29 is 14.6 Å². The number of aliphatic hydroxyl groups excluding tert-OH is 1. The van der Waals surface area contributed by atoms with E-state index < -0.39 is 6.10 Å². The Kier molecular flexibility index (Phi) is 4.80. The summed E-state index contributed by atoms with van der Waals surface area (Å²) in [5.74, 6) is 0.478. The first kappa shape index (κ1) is 13.9. The smallest absolute Gasteiger partial charge is 0.258 e. The van der Waals surface area contributed by atoms with Gasteiger partial charge in [0.2, 0.25) is 0 Å². The zero-order valence-electron chi connectivity index (χ0n) is 11.3. The lowest BCUT2D eigenvalue weighted by Gasteiger charge is -2.15. The normalized spacial score (nSPS) is 17.2. The van der Waals surface area contributed by atoms with Gasteiger partial charge in [0.15, 0.2) is 6.61 Å². The maximum atomic E-state index is 11.8. The number of nitrogens with one attached hydrogen (secondary N) is 1. The van der Waals surface area contributed by atoms with Crippen molar-refractivity contribution in [1.82, 2.24) is 5.32 Å². The number of hydrogen-bond donors (Lipinski definition) is 2. The molecule has 4 nitrogen and oxygen atoms in total. The van der Waals surface area contributed by atoms with Gasteiger partial charge in [0.25, 0.3) is 5.91 Å². The Hall–Kier alpha value is -1.55. The van der Waals surface area contributed by atoms with E-state index >= 15 is 0 Å². The Bertz CT molecular complexity index is 425. The monoisotopic (exact) mass is 263 g/mol. The van der Waals surface area contributed by atoms with Crippen molar-refractivity contribution in [3.05, 3.63) is 29.8 Å². The molecule has 2 rings (SSSR count). The van der Waals surface area contributed by atoms with Crippen molar-refractivity contribution in [1.29, 1.82) is 0 Å². The Balaban J connectivity index is 1.86. The highest BCUT2D eigenvalue weighted by atomic mass is 16.5. The van der Waals surface area contributed by atoms with Gasteiger partial charge in [-0.3, -0.25) is 4.79 Å². The minimum Gasteiger partial charge on any atom is -0.483 e. The molecule has 0 radical (unpaired) electrons. The van der Waals surface area contributed by atoms with Crippen LogP contribution >= 0.6 is 0 Å². The third kappa shape index (κ3) is 3.96. The zero-order valence-corrected chi connectivity index (χ0v) is 11.3. The summed E-state index contributed by atoms with van der Waals surface area (Å²) in [6.45, 7) is 1.68. The minimum atomic E-state index is -0.603. The van der Waals surface area contributed by atoms with Gasteiger partial charge < -0.3 is 15.2 Å². The molecule has 0 bridgehead atoms. The third-order valence-electron chi connectivity index (χ3n) is 3.45. The van der Waals surface area contributed by atoms with E-state index in [4.69, 9.17) is 4.74 Å². The summed E-state index contributed by atoms with van der Waals surface area (Å²) in [4.78, 5) is 11.8. The molecule has 0 spiro atoms. The molecule has 1 atom stereocenters. The SMILES string of the molecule is C[C@H](O)c1ccccc1OCC(=O)NC1CCCC1. The predicted molar refractivity (Wildman–Crippen MR) is 73.0 cm³/mol. The maximum Gasteiger partial charge on any atom is 0.258 e. The van der Waals surface area contributed by atoms with Crippen LogP contribution < -0.4 is 10.1 Å². The van der Waals surface area contributed by atoms with Crippen LogP contribution in [0.2, 0.25) is 0 Å². The average Bonchev–Trinajstić information content (AvgIpc) is 2.89. The molecule has 1 amide bonds. The first-order chi connectivity index (χ1) is 9.16. The van der Waals surface area contributed by atoms with E-state index in [0.717, 1.165) is 12.8 Å². The van der Waals surface area contributed by atoms with E-state index in [1.165, 1.54) is 12.8 Å². The lowest BCUT2D eigenvalue weighted by Crippen LogP contribution is -2.36. The highest BCUT2D eigenvalue weighted by Gasteiger charge is 2.17. The molecule has 0 saturated heterocycles. The molecular formula is C15H21NO3. The van der Waals surface area contributed by atoms with Crippen LogP contribution in [0.3, 0.4) is 0 Å². The van der Waals surface area contributed by atoms with Gasteiger partial charge in [0.1, 0.15) is 5.75 Å². The summed E-state index contributed by atoms with van der Waals surface area (Å²) in [5, 5.41) is 12.6. The number of carbonyl (C=O) groups is 1. The molecule has 1 aromatic carbocycles. The van der Waals surface area contributed by atoms with Crippen molar-refractivity contribution in [3.63, 3.8) is 0 Å². The fraction of sp³-hybridized carbons (Fsp3) is 0.533. The van der Waals surface area contributed by atoms with Crippen molar-refractivity contribution in [2.24, 2.45) is 0 Å². The number of rotatable bonds is 5. The lowest BCUT2D eigenvalue weighted by molar-refractivity contribution is -0.123. The Morgan fingerprint density at radius 1 is 1.42 bits per heavy atom. The van der Waals surface area contributed by atoms with Crippen molar-refractivity contribution >= 4 is 5.91 Å². The van der Waals surface area contributed by atoms with Gasteiger partial charge in [0.05, 0.1) is 6.10 Å². The zero-order chi connectivity index (χ0) is 13.7. The molecule has 4 heteroatoms. The molecule has 0 aromatic heterocycles. The summed E-state index contributed by atoms with van der Waals surface area (Å²) in [6.07, 6.45) is 3.91. The van der Waals surface area contributed by atoms with Crippen LogP contribution in [-0.4, -0.2) is 23.7 Å². The third-order valence-corrected chi connectivity index (χ3v) is 3.45. The topological polar surface area (TPSA) is 58.6 Å². The summed E-state index contributed by atoms with van der Waals surface area (Å²) in [5.41, 5.74) is 0.705. The van der Waals surface area contributed by atoms with E-state index in [9.17, 15) is 9.90 Å². The lowest BCUT2D eigenvalue weighted by atomic mass is 10.1. The van der Waals surface area contributed by atoms with Crippen LogP contribution in [0, 0.1) is 0 Å². The second-order valence-electron chi connectivity index (χ2n) is 5.05. The molecule has 0 heterocycles. The molecule has 19 heavy (non-hydrogen) atoms. The summed E-state index contributed by atoms with van der Waals surface area (Å²) >= 11 is 0. The number of ether oxygens (including phenoxy) is 1. The summed E-state index contributed by atoms with van der Waals surface area (Å²) in [7, 11) is 0. The van der Waals surface area contributed by atoms with E-state index in [1.807, 2.05) is 12.1 Å². The van der Waals surface area contributed by atoms with Crippen LogP contribution in [0.1, 0.15) is 44.3 Å². The number of para-hydroxylation sites is 1. The molecular weight excluding hydrogens is 242 g/mol. The second kappa shape index (κ2) is 6.57. The molecule has 1 aromatic rings. The van der Waals surface area contributed by atoms with Crippen LogP contribution in [0.4, 0.5) is 0 Å². The summed E-state index contributed by atoms with van der Waals surface area (Å²) < 4.78 is 5.50. The Morgan fingerprint density at radius 3 is 2.79 bits per heavy atom. The van der Waals surface area contributed by atoms with Crippen LogP contribution in [0.15, 0.2) is 24.3 Å². The number of amides is 1. The molecule has 1 saturated carbocycles. The number of benzene rings is 1. The van der Waals surface area contributed by atoms with Gasteiger partial charge in [0, 0.05) is 11.6 Å². The van der Waals surface area contributed by atoms with E-state index in [-0.39, 0.29) is 12.5 Å². The number of carbonyl (C=O) groups excluding carboxylic acids is 1. The van der Waals surface area contributed by atoms with Crippen molar-refractivity contribution in [2.45, 2.75) is 44.8 Å². The van der Waals surface area contributed by atoms with E-state index in [2.05, 4.69) is 5.32 Å². The van der Waals surface area contributed by atoms with Gasteiger partial charge in [-0.25, -0.2) is 0 Å². The number of aliphatic hydroxyl groups is 1. The van der Waals surface area contributed by atoms with Crippen LogP contribution in [-0.2, 0) is 4.79 Å². The van der Waals surface area contributed by atoms with Gasteiger partial charge in [-0.1, -0.05) is 31.0 Å². The predicted octanol–water partition coefficient (Wildman–Crippen LogP) is 2.18. The maximum absolute atomic E-state index is 11.8. The number of hydrogen-bond acceptors (Lipinski definition) is 3. The van der Waals surface area contributed by atoms with Gasteiger partial charge in [-0.05, 0) is 25.8 Å². The molecule has 0 unspecified atom stereocenters. The van der Waals surface area contributed by atoms with Gasteiger partial charge in [-0.2, -0.15) is 0 Å². The van der Waals surface area contributed by atoms with Crippen LogP contribution in [0.25, 0.3) is 0 Å². The van der Waals surface area contributed by atoms with E-state index in [1.54, 1.807) is 19.1 Å². The fourth-order valence-corrected chi connectivity index (χ4v) is 2.44. The average molecular weight is 263 g/mol. The quantitative estimate of drug-likeness (QED) is 0.856. The largest absolute Gasteiger partial charge is 0.483 e. The molecule has 104 valence electrons. The minimum absolute atomic E-state index is 0.000231. The first-order valence-corrected chi connectivity index (χ1v) is 6.86. The van der Waals surface area contributed by atoms with Crippen LogP contribution in [0.5, 0.6) is 5.75 Å². The van der Waals surface area contributed by atoms with Crippen molar-refractivity contribution in [2.75, 3.05) is 6.61 Å². The molecule has 0 aliphatic heterocycles. The molecule has 1 fully saturated rings. The first-order valence-electron chi connectivity index (χ1n) is 6.86. The second-order valence-corrected chi connectivity index (χ2v) is 5.05. The summed E-state index contributed by atoms with van der Waals surface area (Å²) in [6, 6.07) is 7.55. The Labute approximate surface area is 113 Å². The highest BCUT2D eigenvalue weighted by molar-refractivity contribution is 5.77. The van der Waals surface area contributed by atoms with Gasteiger partial charge in [-0.15, -0.1) is 0 Å². The fourth-order valence-electron chi connectivity index (χ4n) is 2.44. The highest BCUT2D eigenvalue weighted by Crippen LogP contribution is 2.24. The molecule has 1 aliphatic rings. The Morgan fingerprint density at radius 2 is 2.11 bits per heavy atom. The van der Waals surface area contributed by atoms with Gasteiger partial charge >= 0.3 is 0 Å². The molecule has 1 aliphatic carbocycles. The standard InChI is InChI=1S/C15H21NO3/c1-11(17)13-8-4-5-9-14(13)19-10-15(18)16-12-6-2-3-7-12/h4-5,8-9,11-12,17H,2-3,6-7,10H2,1H3,(H,16,18)/t11-/m0/s1. The van der Waals surface area contributed by atoms with Crippen molar-refractivity contribution in [3.8, 4) is 5.75 Å².